The van der Waals surface area contributed by atoms with Crippen LogP contribution in [0.1, 0.15) is 38.7 Å². The van der Waals surface area contributed by atoms with Gasteiger partial charge < -0.3 is 5.32 Å². The fourth-order valence-electron chi connectivity index (χ4n) is 2.00. The minimum absolute atomic E-state index is 0.647. The highest BCUT2D eigenvalue weighted by molar-refractivity contribution is 9.10. The van der Waals surface area contributed by atoms with Gasteiger partial charge in [0.25, 0.3) is 0 Å². The molecule has 0 saturated carbocycles. The zero-order valence-corrected chi connectivity index (χ0v) is 12.9. The second kappa shape index (κ2) is 8.12. The normalized spacial score (nSPS) is 12.7. The van der Waals surface area contributed by atoms with Crippen LogP contribution in [0.3, 0.4) is 0 Å². The van der Waals surface area contributed by atoms with Crippen LogP contribution in [0.25, 0.3) is 0 Å². The van der Waals surface area contributed by atoms with E-state index in [4.69, 9.17) is 11.6 Å². The number of benzene rings is 1. The first-order valence-corrected chi connectivity index (χ1v) is 7.51. The molecule has 0 aliphatic carbocycles. The zero-order chi connectivity index (χ0) is 12.7. The Morgan fingerprint density at radius 2 is 2.12 bits per heavy atom. The molecule has 1 atom stereocenters. The molecule has 1 rings (SSSR count). The standard InChI is InChI=1S/C14H21BrClN/c1-3-13(17-4-2)7-5-6-11-8-9-12(15)10-14(11)16/h8-10,13,17H,3-7H2,1-2H3. The van der Waals surface area contributed by atoms with Crippen molar-refractivity contribution < 1.29 is 0 Å². The number of rotatable bonds is 7. The van der Waals surface area contributed by atoms with Crippen LogP contribution in [0.5, 0.6) is 0 Å². The Balaban J connectivity index is 2.39. The predicted molar refractivity (Wildman–Crippen MR) is 79.8 cm³/mol. The molecule has 0 heterocycles. The molecule has 0 fully saturated rings. The summed E-state index contributed by atoms with van der Waals surface area (Å²) in [6, 6.07) is 6.79. The van der Waals surface area contributed by atoms with Crippen molar-refractivity contribution in [1.82, 2.24) is 5.32 Å². The molecule has 0 amide bonds. The smallest absolute Gasteiger partial charge is 0.0449 e. The van der Waals surface area contributed by atoms with Crippen LogP contribution in [-0.2, 0) is 6.42 Å². The van der Waals surface area contributed by atoms with Gasteiger partial charge in [-0.1, -0.05) is 47.4 Å². The van der Waals surface area contributed by atoms with Crippen molar-refractivity contribution in [1.29, 1.82) is 0 Å². The van der Waals surface area contributed by atoms with E-state index in [1.54, 1.807) is 0 Å². The van der Waals surface area contributed by atoms with Gasteiger partial charge in [0.15, 0.2) is 0 Å². The molecular formula is C14H21BrClN. The maximum atomic E-state index is 6.19. The molecule has 3 heteroatoms. The SMILES string of the molecule is CCNC(CC)CCCc1ccc(Br)cc1Cl. The van der Waals surface area contributed by atoms with E-state index in [2.05, 4.69) is 47.2 Å². The minimum Gasteiger partial charge on any atom is -0.314 e. The molecule has 1 unspecified atom stereocenters. The number of hydrogen-bond acceptors (Lipinski definition) is 1. The molecule has 0 aliphatic heterocycles. The third kappa shape index (κ3) is 5.41. The monoisotopic (exact) mass is 317 g/mol. The fraction of sp³-hybridized carbons (Fsp3) is 0.571. The molecule has 1 aromatic rings. The summed E-state index contributed by atoms with van der Waals surface area (Å²) in [4.78, 5) is 0. The summed E-state index contributed by atoms with van der Waals surface area (Å²) in [7, 11) is 0. The zero-order valence-electron chi connectivity index (χ0n) is 10.6. The first-order chi connectivity index (χ1) is 8.17. The quantitative estimate of drug-likeness (QED) is 0.760. The lowest BCUT2D eigenvalue weighted by molar-refractivity contribution is 0.467. The van der Waals surface area contributed by atoms with Gasteiger partial charge in [-0.2, -0.15) is 0 Å². The molecule has 0 radical (unpaired) electrons. The van der Waals surface area contributed by atoms with E-state index in [-0.39, 0.29) is 0 Å². The highest BCUT2D eigenvalue weighted by Crippen LogP contribution is 2.23. The van der Waals surface area contributed by atoms with Gasteiger partial charge in [0.1, 0.15) is 0 Å². The topological polar surface area (TPSA) is 12.0 Å². The number of halogens is 2. The van der Waals surface area contributed by atoms with Crippen molar-refractivity contribution in [2.75, 3.05) is 6.54 Å². The van der Waals surface area contributed by atoms with E-state index in [0.29, 0.717) is 6.04 Å². The molecule has 0 spiro atoms. The first-order valence-electron chi connectivity index (χ1n) is 6.34. The van der Waals surface area contributed by atoms with Crippen LogP contribution in [-0.4, -0.2) is 12.6 Å². The molecular weight excluding hydrogens is 298 g/mol. The van der Waals surface area contributed by atoms with Gasteiger partial charge in [0.2, 0.25) is 0 Å². The average Bonchev–Trinajstić information content (AvgIpc) is 2.30. The molecule has 96 valence electrons. The van der Waals surface area contributed by atoms with E-state index >= 15 is 0 Å². The Hall–Kier alpha value is -0.0500. The van der Waals surface area contributed by atoms with Crippen LogP contribution in [0.4, 0.5) is 0 Å². The Morgan fingerprint density at radius 3 is 2.71 bits per heavy atom. The van der Waals surface area contributed by atoms with Gasteiger partial charge in [-0.3, -0.25) is 0 Å². The van der Waals surface area contributed by atoms with Gasteiger partial charge in [-0.25, -0.2) is 0 Å². The Kier molecular flexibility index (Phi) is 7.17. The minimum atomic E-state index is 0.647. The summed E-state index contributed by atoms with van der Waals surface area (Å²) >= 11 is 9.62. The van der Waals surface area contributed by atoms with Crippen LogP contribution >= 0.6 is 27.5 Å². The van der Waals surface area contributed by atoms with E-state index < -0.39 is 0 Å². The molecule has 0 aromatic heterocycles. The second-order valence-corrected chi connectivity index (χ2v) is 5.61. The van der Waals surface area contributed by atoms with Gasteiger partial charge in [0, 0.05) is 15.5 Å². The van der Waals surface area contributed by atoms with Crippen molar-refractivity contribution in [3.05, 3.63) is 33.3 Å². The summed E-state index contributed by atoms with van der Waals surface area (Å²) in [5, 5.41) is 4.37. The van der Waals surface area contributed by atoms with Gasteiger partial charge in [0.05, 0.1) is 0 Å². The highest BCUT2D eigenvalue weighted by atomic mass is 79.9. The molecule has 0 aliphatic rings. The Labute approximate surface area is 118 Å². The molecule has 0 bridgehead atoms. The van der Waals surface area contributed by atoms with E-state index in [1.807, 2.05) is 6.07 Å². The summed E-state index contributed by atoms with van der Waals surface area (Å²) in [5.41, 5.74) is 1.25. The highest BCUT2D eigenvalue weighted by Gasteiger charge is 2.05. The number of aryl methyl sites for hydroxylation is 1. The van der Waals surface area contributed by atoms with Crippen LogP contribution in [0.2, 0.25) is 5.02 Å². The van der Waals surface area contributed by atoms with Crippen molar-refractivity contribution in [2.45, 2.75) is 45.6 Å². The van der Waals surface area contributed by atoms with Gasteiger partial charge >= 0.3 is 0 Å². The lowest BCUT2D eigenvalue weighted by Gasteiger charge is -2.15. The predicted octanol–water partition coefficient (Wildman–Crippen LogP) is 4.81. The van der Waals surface area contributed by atoms with Crippen molar-refractivity contribution in [2.24, 2.45) is 0 Å². The summed E-state index contributed by atoms with van der Waals surface area (Å²) in [6.07, 6.45) is 4.67. The second-order valence-electron chi connectivity index (χ2n) is 4.29. The van der Waals surface area contributed by atoms with Crippen molar-refractivity contribution in [3.63, 3.8) is 0 Å². The van der Waals surface area contributed by atoms with Crippen LogP contribution in [0.15, 0.2) is 22.7 Å². The number of nitrogens with one attached hydrogen (secondary N) is 1. The molecule has 1 nitrogen and oxygen atoms in total. The molecule has 1 aromatic carbocycles. The van der Waals surface area contributed by atoms with Gasteiger partial charge in [-0.15, -0.1) is 0 Å². The fourth-order valence-corrected chi connectivity index (χ4v) is 2.77. The van der Waals surface area contributed by atoms with E-state index in [0.717, 1.165) is 22.5 Å². The van der Waals surface area contributed by atoms with Crippen molar-refractivity contribution in [3.8, 4) is 0 Å². The summed E-state index contributed by atoms with van der Waals surface area (Å²) in [5.74, 6) is 0. The lowest BCUT2D eigenvalue weighted by Crippen LogP contribution is -2.28. The molecule has 1 N–H and O–H groups in total. The summed E-state index contributed by atoms with van der Waals surface area (Å²) < 4.78 is 1.05. The van der Waals surface area contributed by atoms with Gasteiger partial charge in [-0.05, 0) is 49.9 Å². The molecule has 17 heavy (non-hydrogen) atoms. The van der Waals surface area contributed by atoms with Crippen LogP contribution < -0.4 is 5.32 Å². The van der Waals surface area contributed by atoms with Crippen molar-refractivity contribution >= 4 is 27.5 Å². The third-order valence-corrected chi connectivity index (χ3v) is 3.84. The maximum absolute atomic E-state index is 6.19. The van der Waals surface area contributed by atoms with Crippen LogP contribution in [0, 0.1) is 0 Å². The maximum Gasteiger partial charge on any atom is 0.0449 e. The van der Waals surface area contributed by atoms with E-state index in [9.17, 15) is 0 Å². The third-order valence-electron chi connectivity index (χ3n) is 3.00. The Morgan fingerprint density at radius 1 is 1.35 bits per heavy atom. The largest absolute Gasteiger partial charge is 0.314 e. The van der Waals surface area contributed by atoms with E-state index in [1.165, 1.54) is 24.8 Å². The number of hydrogen-bond donors (Lipinski definition) is 1. The molecule has 0 saturated heterocycles. The first kappa shape index (κ1) is 15.0. The lowest BCUT2D eigenvalue weighted by atomic mass is 10.0. The average molecular weight is 319 g/mol. The Bertz CT molecular complexity index is 341. The summed E-state index contributed by atoms with van der Waals surface area (Å²) in [6.45, 7) is 5.45.